The Morgan fingerprint density at radius 3 is 2.58 bits per heavy atom. The molecule has 0 radical (unpaired) electrons. The van der Waals surface area contributed by atoms with E-state index in [9.17, 15) is 13.2 Å². The summed E-state index contributed by atoms with van der Waals surface area (Å²) in [6.45, 7) is 0.635. The van der Waals surface area contributed by atoms with Crippen molar-refractivity contribution >= 4 is 27.5 Å². The first-order chi connectivity index (χ1) is 12.5. The molecule has 0 unspecified atom stereocenters. The third kappa shape index (κ3) is 4.20. The Morgan fingerprint density at radius 2 is 1.92 bits per heavy atom. The molecule has 0 aromatic heterocycles. The van der Waals surface area contributed by atoms with Crippen LogP contribution in [0.5, 0.6) is 5.75 Å². The number of methoxy groups -OCH3 is 1. The SMILES string of the molecule is COc1ccc(C(=O)Nc2cccc(S(=O)(=O)NC3=NCCC3)c2)cc1. The Labute approximate surface area is 152 Å². The van der Waals surface area contributed by atoms with Crippen molar-refractivity contribution in [1.82, 2.24) is 4.72 Å². The molecule has 0 aliphatic carbocycles. The summed E-state index contributed by atoms with van der Waals surface area (Å²) in [5, 5.41) is 2.70. The molecule has 26 heavy (non-hydrogen) atoms. The monoisotopic (exact) mass is 373 g/mol. The fourth-order valence-electron chi connectivity index (χ4n) is 2.52. The lowest BCUT2D eigenvalue weighted by molar-refractivity contribution is 0.102. The maximum atomic E-state index is 12.4. The second-order valence-corrected chi connectivity index (χ2v) is 7.43. The molecule has 136 valence electrons. The van der Waals surface area contributed by atoms with Crippen LogP contribution in [0.3, 0.4) is 0 Å². The van der Waals surface area contributed by atoms with E-state index < -0.39 is 10.0 Å². The minimum absolute atomic E-state index is 0.0691. The zero-order chi connectivity index (χ0) is 18.6. The van der Waals surface area contributed by atoms with E-state index in [0.29, 0.717) is 35.8 Å². The Morgan fingerprint density at radius 1 is 1.15 bits per heavy atom. The van der Waals surface area contributed by atoms with Crippen molar-refractivity contribution in [1.29, 1.82) is 0 Å². The molecule has 8 heteroatoms. The summed E-state index contributed by atoms with van der Waals surface area (Å²) in [4.78, 5) is 16.5. The average Bonchev–Trinajstić information content (AvgIpc) is 3.14. The van der Waals surface area contributed by atoms with Crippen LogP contribution in [-0.2, 0) is 10.0 Å². The minimum Gasteiger partial charge on any atom is -0.497 e. The average molecular weight is 373 g/mol. The molecule has 2 aromatic carbocycles. The van der Waals surface area contributed by atoms with Crippen LogP contribution in [0.4, 0.5) is 5.69 Å². The van der Waals surface area contributed by atoms with Gasteiger partial charge in [-0.05, 0) is 48.9 Å². The molecule has 0 atom stereocenters. The maximum Gasteiger partial charge on any atom is 0.262 e. The van der Waals surface area contributed by atoms with Crippen molar-refractivity contribution in [3.8, 4) is 5.75 Å². The number of nitrogens with zero attached hydrogens (tertiary/aromatic N) is 1. The number of hydrogen-bond donors (Lipinski definition) is 2. The number of rotatable bonds is 5. The second-order valence-electron chi connectivity index (χ2n) is 5.75. The molecule has 2 aromatic rings. The topological polar surface area (TPSA) is 96.9 Å². The van der Waals surface area contributed by atoms with E-state index in [1.165, 1.54) is 12.1 Å². The van der Waals surface area contributed by atoms with Gasteiger partial charge in [0.15, 0.2) is 0 Å². The van der Waals surface area contributed by atoms with Crippen molar-refractivity contribution in [2.45, 2.75) is 17.7 Å². The fraction of sp³-hybridized carbons (Fsp3) is 0.222. The summed E-state index contributed by atoms with van der Waals surface area (Å²) < 4.78 is 32.4. The number of carbonyl (C=O) groups excluding carboxylic acids is 1. The van der Waals surface area contributed by atoms with Crippen LogP contribution in [0.1, 0.15) is 23.2 Å². The summed E-state index contributed by atoms with van der Waals surface area (Å²) in [6, 6.07) is 12.7. The van der Waals surface area contributed by atoms with Crippen LogP contribution in [0, 0.1) is 0 Å². The highest BCUT2D eigenvalue weighted by molar-refractivity contribution is 7.90. The smallest absolute Gasteiger partial charge is 0.262 e. The van der Waals surface area contributed by atoms with Gasteiger partial charge >= 0.3 is 0 Å². The van der Waals surface area contributed by atoms with E-state index in [0.717, 1.165) is 6.42 Å². The molecule has 0 bridgehead atoms. The van der Waals surface area contributed by atoms with E-state index in [2.05, 4.69) is 15.0 Å². The molecule has 0 spiro atoms. The molecule has 1 aliphatic heterocycles. The standard InChI is InChI=1S/C18H19N3O4S/c1-25-15-9-7-13(8-10-15)18(22)20-14-4-2-5-16(12-14)26(23,24)21-17-6-3-11-19-17/h2,4-5,7-10,12H,3,6,11H2,1H3,(H,19,21)(H,20,22). The van der Waals surface area contributed by atoms with Gasteiger partial charge < -0.3 is 10.1 Å². The predicted octanol–water partition coefficient (Wildman–Crippen LogP) is 2.42. The first kappa shape index (κ1) is 17.9. The highest BCUT2D eigenvalue weighted by Crippen LogP contribution is 2.18. The summed E-state index contributed by atoms with van der Waals surface area (Å²) in [7, 11) is -2.18. The van der Waals surface area contributed by atoms with Crippen LogP contribution in [0.15, 0.2) is 58.4 Å². The number of sulfonamides is 1. The quantitative estimate of drug-likeness (QED) is 0.841. The third-order valence-electron chi connectivity index (χ3n) is 3.88. The van der Waals surface area contributed by atoms with E-state index in [1.807, 2.05) is 0 Å². The van der Waals surface area contributed by atoms with Crippen LogP contribution in [0.25, 0.3) is 0 Å². The molecular weight excluding hydrogens is 354 g/mol. The number of benzene rings is 2. The summed E-state index contributed by atoms with van der Waals surface area (Å²) in [6.07, 6.45) is 1.46. The van der Waals surface area contributed by atoms with Crippen LogP contribution < -0.4 is 14.8 Å². The van der Waals surface area contributed by atoms with E-state index in [4.69, 9.17) is 4.74 Å². The van der Waals surface area contributed by atoms with Crippen molar-refractivity contribution in [2.75, 3.05) is 19.0 Å². The second kappa shape index (κ2) is 7.57. The number of ether oxygens (including phenoxy) is 1. The van der Waals surface area contributed by atoms with Gasteiger partial charge in [0, 0.05) is 24.2 Å². The van der Waals surface area contributed by atoms with Gasteiger partial charge in [0.25, 0.3) is 15.9 Å². The Balaban J connectivity index is 1.75. The van der Waals surface area contributed by atoms with E-state index >= 15 is 0 Å². The Hall–Kier alpha value is -2.87. The first-order valence-corrected chi connectivity index (χ1v) is 9.58. The van der Waals surface area contributed by atoms with Gasteiger partial charge in [0.1, 0.15) is 11.6 Å². The van der Waals surface area contributed by atoms with Crippen molar-refractivity contribution in [3.63, 3.8) is 0 Å². The van der Waals surface area contributed by atoms with E-state index in [1.54, 1.807) is 43.5 Å². The van der Waals surface area contributed by atoms with Crippen LogP contribution >= 0.6 is 0 Å². The van der Waals surface area contributed by atoms with Gasteiger partial charge in [-0.3, -0.25) is 14.5 Å². The normalized spacial score (nSPS) is 13.8. The van der Waals surface area contributed by atoms with Gasteiger partial charge in [0.2, 0.25) is 0 Å². The molecule has 0 saturated heterocycles. The number of hydrogen-bond acceptors (Lipinski definition) is 5. The number of amides is 1. The number of carbonyl (C=O) groups is 1. The first-order valence-electron chi connectivity index (χ1n) is 8.09. The van der Waals surface area contributed by atoms with Crippen molar-refractivity contribution in [2.24, 2.45) is 4.99 Å². The largest absolute Gasteiger partial charge is 0.497 e. The maximum absolute atomic E-state index is 12.4. The van der Waals surface area contributed by atoms with E-state index in [-0.39, 0.29) is 10.8 Å². The van der Waals surface area contributed by atoms with Crippen molar-refractivity contribution in [3.05, 3.63) is 54.1 Å². The lowest BCUT2D eigenvalue weighted by Gasteiger charge is -2.10. The molecular formula is C18H19N3O4S. The van der Waals surface area contributed by atoms with Crippen LogP contribution in [0.2, 0.25) is 0 Å². The van der Waals surface area contributed by atoms with Gasteiger partial charge in [0.05, 0.1) is 12.0 Å². The highest BCUT2D eigenvalue weighted by atomic mass is 32.2. The number of aliphatic imine (C=N–C) groups is 1. The predicted molar refractivity (Wildman–Crippen MR) is 99.2 cm³/mol. The molecule has 2 N–H and O–H groups in total. The molecule has 7 nitrogen and oxygen atoms in total. The molecule has 1 heterocycles. The fourth-order valence-corrected chi connectivity index (χ4v) is 3.66. The zero-order valence-electron chi connectivity index (χ0n) is 14.2. The van der Waals surface area contributed by atoms with Gasteiger partial charge in [-0.1, -0.05) is 6.07 Å². The lowest BCUT2D eigenvalue weighted by atomic mass is 10.2. The highest BCUT2D eigenvalue weighted by Gasteiger charge is 2.19. The third-order valence-corrected chi connectivity index (χ3v) is 5.26. The molecule has 1 aliphatic rings. The van der Waals surface area contributed by atoms with Crippen molar-refractivity contribution < 1.29 is 17.9 Å². The molecule has 1 amide bonds. The summed E-state index contributed by atoms with van der Waals surface area (Å²) >= 11 is 0. The summed E-state index contributed by atoms with van der Waals surface area (Å²) in [5.41, 5.74) is 0.833. The Bertz CT molecular complexity index is 937. The lowest BCUT2D eigenvalue weighted by Crippen LogP contribution is -2.29. The number of nitrogens with one attached hydrogen (secondary N) is 2. The molecule has 0 fully saturated rings. The Kier molecular flexibility index (Phi) is 5.22. The number of amidine groups is 1. The van der Waals surface area contributed by atoms with Gasteiger partial charge in [-0.25, -0.2) is 8.42 Å². The van der Waals surface area contributed by atoms with Gasteiger partial charge in [-0.2, -0.15) is 0 Å². The molecule has 0 saturated carbocycles. The zero-order valence-corrected chi connectivity index (χ0v) is 15.0. The van der Waals surface area contributed by atoms with Gasteiger partial charge in [-0.15, -0.1) is 0 Å². The molecule has 3 rings (SSSR count). The summed E-state index contributed by atoms with van der Waals surface area (Å²) in [5.74, 6) is 0.781. The minimum atomic E-state index is -3.72. The number of anilines is 1. The van der Waals surface area contributed by atoms with Crippen LogP contribution in [-0.4, -0.2) is 33.8 Å².